The van der Waals surface area contributed by atoms with Gasteiger partial charge >= 0.3 is 11.7 Å². The maximum absolute atomic E-state index is 12.6. The summed E-state index contributed by atoms with van der Waals surface area (Å²) in [5, 5.41) is 6.92. The first-order chi connectivity index (χ1) is 13.5. The van der Waals surface area contributed by atoms with E-state index in [1.807, 2.05) is 42.5 Å². The topological polar surface area (TPSA) is 89.2 Å². The Balaban J connectivity index is 1.45. The van der Waals surface area contributed by atoms with Gasteiger partial charge in [0.25, 0.3) is 0 Å². The van der Waals surface area contributed by atoms with Crippen molar-refractivity contribution in [3.8, 4) is 0 Å². The normalized spacial score (nSPS) is 12.9. The minimum absolute atomic E-state index is 0.184. The SMILES string of the molecule is O=C(Cn1nc2n(c1=O)C(=O)N(c1ccccc1)C2)NCc1ccccc1Br. The van der Waals surface area contributed by atoms with Crippen molar-refractivity contribution in [1.29, 1.82) is 0 Å². The molecule has 4 rings (SSSR count). The molecule has 0 aliphatic carbocycles. The number of para-hydroxylation sites is 1. The molecule has 0 saturated heterocycles. The molecule has 1 aromatic heterocycles. The molecule has 1 N–H and O–H groups in total. The van der Waals surface area contributed by atoms with E-state index in [0.717, 1.165) is 19.3 Å². The van der Waals surface area contributed by atoms with Gasteiger partial charge in [-0.25, -0.2) is 14.3 Å². The Bertz CT molecular complexity index is 1110. The lowest BCUT2D eigenvalue weighted by molar-refractivity contribution is -0.122. The van der Waals surface area contributed by atoms with E-state index in [0.29, 0.717) is 18.1 Å². The summed E-state index contributed by atoms with van der Waals surface area (Å²) in [6, 6.07) is 16.1. The van der Waals surface area contributed by atoms with Crippen LogP contribution in [-0.4, -0.2) is 26.3 Å². The minimum atomic E-state index is -0.616. The Hall–Kier alpha value is -3.20. The van der Waals surface area contributed by atoms with Gasteiger partial charge in [-0.05, 0) is 23.8 Å². The molecule has 0 fully saturated rings. The molecular formula is C19H16BrN5O3. The van der Waals surface area contributed by atoms with Gasteiger partial charge < -0.3 is 5.32 Å². The number of nitrogens with zero attached hydrogens (tertiary/aromatic N) is 4. The third-order valence-electron chi connectivity index (χ3n) is 4.42. The number of anilines is 1. The van der Waals surface area contributed by atoms with Gasteiger partial charge in [0, 0.05) is 16.7 Å². The van der Waals surface area contributed by atoms with E-state index in [1.165, 1.54) is 4.90 Å². The van der Waals surface area contributed by atoms with Crippen LogP contribution in [0.15, 0.2) is 63.9 Å². The van der Waals surface area contributed by atoms with Crippen LogP contribution in [0.1, 0.15) is 11.4 Å². The summed E-state index contributed by atoms with van der Waals surface area (Å²) >= 11 is 3.42. The van der Waals surface area contributed by atoms with E-state index >= 15 is 0 Å². The largest absolute Gasteiger partial charge is 0.354 e. The Labute approximate surface area is 168 Å². The van der Waals surface area contributed by atoms with Gasteiger partial charge in [0.2, 0.25) is 5.91 Å². The van der Waals surface area contributed by atoms with Crippen molar-refractivity contribution in [3.05, 3.63) is 80.9 Å². The molecule has 8 nitrogen and oxygen atoms in total. The molecule has 0 spiro atoms. The molecule has 0 bridgehead atoms. The van der Waals surface area contributed by atoms with Gasteiger partial charge in [0.05, 0.1) is 6.54 Å². The number of nitrogens with one attached hydrogen (secondary N) is 1. The molecule has 0 saturated carbocycles. The van der Waals surface area contributed by atoms with E-state index in [2.05, 4.69) is 26.3 Å². The lowest BCUT2D eigenvalue weighted by atomic mass is 10.2. The molecule has 1 aliphatic heterocycles. The minimum Gasteiger partial charge on any atom is -0.350 e. The summed E-state index contributed by atoms with van der Waals surface area (Å²) in [7, 11) is 0. The maximum Gasteiger partial charge on any atom is 0.354 e. The third kappa shape index (κ3) is 3.36. The molecule has 2 heterocycles. The van der Waals surface area contributed by atoms with E-state index in [4.69, 9.17) is 0 Å². The number of carbonyl (C=O) groups is 2. The summed E-state index contributed by atoms with van der Waals surface area (Å²) in [4.78, 5) is 38.8. The van der Waals surface area contributed by atoms with Gasteiger partial charge in [-0.3, -0.25) is 9.69 Å². The predicted molar refractivity (Wildman–Crippen MR) is 106 cm³/mol. The summed E-state index contributed by atoms with van der Waals surface area (Å²) in [6.07, 6.45) is 0. The molecule has 2 aromatic carbocycles. The van der Waals surface area contributed by atoms with Crippen molar-refractivity contribution in [1.82, 2.24) is 19.7 Å². The predicted octanol–water partition coefficient (Wildman–Crippen LogP) is 2.11. The van der Waals surface area contributed by atoms with Gasteiger partial charge in [-0.1, -0.05) is 52.3 Å². The van der Waals surface area contributed by atoms with Crippen molar-refractivity contribution in [2.75, 3.05) is 4.90 Å². The summed E-state index contributed by atoms with van der Waals surface area (Å²) in [5.74, 6) is -0.0422. The summed E-state index contributed by atoms with van der Waals surface area (Å²) in [5.41, 5.74) is 0.994. The average Bonchev–Trinajstić information content (AvgIpc) is 3.18. The zero-order chi connectivity index (χ0) is 19.7. The first-order valence-corrected chi connectivity index (χ1v) is 9.39. The van der Waals surface area contributed by atoms with Crippen molar-refractivity contribution in [2.45, 2.75) is 19.6 Å². The highest BCUT2D eigenvalue weighted by atomic mass is 79.9. The number of carbonyl (C=O) groups excluding carboxylic acids is 2. The van der Waals surface area contributed by atoms with E-state index in [1.54, 1.807) is 12.1 Å². The third-order valence-corrected chi connectivity index (χ3v) is 5.20. The van der Waals surface area contributed by atoms with Crippen molar-refractivity contribution in [2.24, 2.45) is 0 Å². The van der Waals surface area contributed by atoms with Crippen LogP contribution in [0.2, 0.25) is 0 Å². The molecule has 1 aliphatic rings. The molecule has 0 atom stereocenters. The first kappa shape index (κ1) is 18.2. The van der Waals surface area contributed by atoms with Crippen LogP contribution in [0.5, 0.6) is 0 Å². The Morgan fingerprint density at radius 3 is 2.50 bits per heavy atom. The van der Waals surface area contributed by atoms with Crippen LogP contribution >= 0.6 is 15.9 Å². The van der Waals surface area contributed by atoms with E-state index in [9.17, 15) is 14.4 Å². The zero-order valence-corrected chi connectivity index (χ0v) is 16.3. The highest BCUT2D eigenvalue weighted by Gasteiger charge is 2.33. The van der Waals surface area contributed by atoms with Crippen LogP contribution < -0.4 is 15.9 Å². The lowest BCUT2D eigenvalue weighted by Crippen LogP contribution is -2.37. The molecule has 2 amide bonds. The summed E-state index contributed by atoms with van der Waals surface area (Å²) < 4.78 is 2.92. The second-order valence-corrected chi connectivity index (χ2v) is 7.12. The van der Waals surface area contributed by atoms with Crippen LogP contribution in [-0.2, 0) is 24.4 Å². The number of aromatic nitrogens is 3. The Morgan fingerprint density at radius 2 is 1.79 bits per heavy atom. The monoisotopic (exact) mass is 441 g/mol. The van der Waals surface area contributed by atoms with Crippen molar-refractivity contribution >= 4 is 33.6 Å². The smallest absolute Gasteiger partial charge is 0.350 e. The van der Waals surface area contributed by atoms with Crippen LogP contribution in [0.25, 0.3) is 0 Å². The number of amides is 2. The molecule has 9 heteroatoms. The molecule has 0 radical (unpaired) electrons. The van der Waals surface area contributed by atoms with Gasteiger partial charge in [0.1, 0.15) is 6.54 Å². The van der Waals surface area contributed by atoms with Gasteiger partial charge in [-0.15, -0.1) is 0 Å². The molecule has 0 unspecified atom stereocenters. The fourth-order valence-electron chi connectivity index (χ4n) is 3.02. The molecule has 142 valence electrons. The van der Waals surface area contributed by atoms with E-state index in [-0.39, 0.29) is 19.0 Å². The van der Waals surface area contributed by atoms with Crippen molar-refractivity contribution in [3.63, 3.8) is 0 Å². The van der Waals surface area contributed by atoms with E-state index < -0.39 is 11.7 Å². The number of rotatable bonds is 5. The number of hydrogen-bond acceptors (Lipinski definition) is 4. The standard InChI is InChI=1S/C19H16BrN5O3/c20-15-9-5-4-6-13(15)10-21-17(26)12-24-19(28)25-16(22-24)11-23(18(25)27)14-7-2-1-3-8-14/h1-9H,10-12H2,(H,21,26). The highest BCUT2D eigenvalue weighted by molar-refractivity contribution is 9.10. The van der Waals surface area contributed by atoms with Gasteiger partial charge in [0.15, 0.2) is 5.82 Å². The Kier molecular flexibility index (Phi) is 4.82. The summed E-state index contributed by atoms with van der Waals surface area (Å²) in [6.45, 7) is 0.259. The van der Waals surface area contributed by atoms with Crippen molar-refractivity contribution < 1.29 is 9.59 Å². The maximum atomic E-state index is 12.6. The zero-order valence-electron chi connectivity index (χ0n) is 14.7. The highest BCUT2D eigenvalue weighted by Crippen LogP contribution is 2.21. The second kappa shape index (κ2) is 7.43. The average molecular weight is 442 g/mol. The van der Waals surface area contributed by atoms with Crippen LogP contribution in [0.4, 0.5) is 10.5 Å². The second-order valence-electron chi connectivity index (χ2n) is 6.26. The number of hydrogen-bond donors (Lipinski definition) is 1. The molecule has 28 heavy (non-hydrogen) atoms. The molecular weight excluding hydrogens is 426 g/mol. The fourth-order valence-corrected chi connectivity index (χ4v) is 3.44. The number of halogens is 1. The Morgan fingerprint density at radius 1 is 1.07 bits per heavy atom. The lowest BCUT2D eigenvalue weighted by Gasteiger charge is -2.14. The quantitative estimate of drug-likeness (QED) is 0.656. The molecule has 3 aromatic rings. The van der Waals surface area contributed by atoms with Crippen LogP contribution in [0.3, 0.4) is 0 Å². The number of benzene rings is 2. The van der Waals surface area contributed by atoms with Gasteiger partial charge in [-0.2, -0.15) is 9.67 Å². The van der Waals surface area contributed by atoms with Crippen LogP contribution in [0, 0.1) is 0 Å². The number of fused-ring (bicyclic) bond motifs is 1. The first-order valence-electron chi connectivity index (χ1n) is 8.60. The fraction of sp³-hybridized carbons (Fsp3) is 0.158.